The number of primary amides is 1. The maximum Gasteiger partial charge on any atom is 0.248 e. The lowest BCUT2D eigenvalue weighted by Gasteiger charge is -2.12. The summed E-state index contributed by atoms with van der Waals surface area (Å²) in [6.07, 6.45) is 1.07. The van der Waals surface area contributed by atoms with Crippen LogP contribution in [0.1, 0.15) is 30.1 Å². The first-order valence-electron chi connectivity index (χ1n) is 6.45. The highest BCUT2D eigenvalue weighted by molar-refractivity contribution is 5.97. The second kappa shape index (κ2) is 7.49. The molecule has 1 atom stereocenters. The molecule has 0 saturated carbocycles. The Morgan fingerprint density at radius 2 is 2.10 bits per heavy atom. The summed E-state index contributed by atoms with van der Waals surface area (Å²) in [4.78, 5) is 23.0. The topological polar surface area (TPSA) is 107 Å². The summed E-state index contributed by atoms with van der Waals surface area (Å²) >= 11 is 0. The van der Waals surface area contributed by atoms with Crippen LogP contribution in [-0.2, 0) is 4.79 Å². The summed E-state index contributed by atoms with van der Waals surface area (Å²) < 4.78 is 5.14. The van der Waals surface area contributed by atoms with Crippen LogP contribution in [0, 0.1) is 5.92 Å². The van der Waals surface area contributed by atoms with E-state index in [2.05, 4.69) is 5.32 Å². The van der Waals surface area contributed by atoms with Crippen molar-refractivity contribution >= 4 is 17.5 Å². The number of nitrogens with two attached hydrogens (primary N) is 2. The molecule has 0 saturated heterocycles. The van der Waals surface area contributed by atoms with Gasteiger partial charge in [0.2, 0.25) is 11.8 Å². The van der Waals surface area contributed by atoms with Crippen molar-refractivity contribution in [1.29, 1.82) is 0 Å². The van der Waals surface area contributed by atoms with Crippen LogP contribution >= 0.6 is 0 Å². The van der Waals surface area contributed by atoms with Gasteiger partial charge in [0.1, 0.15) is 5.75 Å². The number of amides is 2. The number of nitrogens with one attached hydrogen (secondary N) is 1. The van der Waals surface area contributed by atoms with Crippen LogP contribution in [0.4, 0.5) is 5.69 Å². The van der Waals surface area contributed by atoms with Crippen LogP contribution in [0.2, 0.25) is 0 Å². The van der Waals surface area contributed by atoms with Gasteiger partial charge in [-0.25, -0.2) is 0 Å². The summed E-state index contributed by atoms with van der Waals surface area (Å²) in [6.45, 7) is 2.54. The quantitative estimate of drug-likeness (QED) is 0.694. The van der Waals surface area contributed by atoms with E-state index in [1.165, 1.54) is 13.2 Å². The molecule has 0 fully saturated rings. The molecule has 1 aromatic carbocycles. The molecule has 6 nitrogen and oxygen atoms in total. The first-order chi connectivity index (χ1) is 9.47. The molecule has 0 aromatic heterocycles. The van der Waals surface area contributed by atoms with Gasteiger partial charge in [-0.2, -0.15) is 0 Å². The fourth-order valence-electron chi connectivity index (χ4n) is 1.67. The van der Waals surface area contributed by atoms with E-state index in [1.54, 1.807) is 12.1 Å². The van der Waals surface area contributed by atoms with Crippen LogP contribution < -0.4 is 21.5 Å². The minimum absolute atomic E-state index is 0.148. The SMILES string of the molecule is COc1ccc(C(N)=O)cc1NC(=O)CCC(C)CN. The van der Waals surface area contributed by atoms with Gasteiger partial charge in [0.05, 0.1) is 12.8 Å². The minimum Gasteiger partial charge on any atom is -0.495 e. The summed E-state index contributed by atoms with van der Waals surface area (Å²) in [5.41, 5.74) is 11.5. The van der Waals surface area contributed by atoms with Crippen LogP contribution in [0.25, 0.3) is 0 Å². The Hall–Kier alpha value is -2.08. The van der Waals surface area contributed by atoms with Gasteiger partial charge in [0.15, 0.2) is 0 Å². The van der Waals surface area contributed by atoms with Crippen LogP contribution in [-0.4, -0.2) is 25.5 Å². The molecule has 1 rings (SSSR count). The van der Waals surface area contributed by atoms with Crippen LogP contribution in [0.5, 0.6) is 5.75 Å². The van der Waals surface area contributed by atoms with E-state index in [0.717, 1.165) is 0 Å². The first-order valence-corrected chi connectivity index (χ1v) is 6.45. The zero-order chi connectivity index (χ0) is 15.1. The molecule has 6 heteroatoms. The monoisotopic (exact) mass is 279 g/mol. The fraction of sp³-hybridized carbons (Fsp3) is 0.429. The molecular formula is C14H21N3O3. The van der Waals surface area contributed by atoms with Crippen LogP contribution in [0.15, 0.2) is 18.2 Å². The van der Waals surface area contributed by atoms with E-state index in [1.807, 2.05) is 6.92 Å². The Morgan fingerprint density at radius 1 is 1.40 bits per heavy atom. The number of ether oxygens (including phenoxy) is 1. The van der Waals surface area contributed by atoms with Crippen molar-refractivity contribution in [2.24, 2.45) is 17.4 Å². The van der Waals surface area contributed by atoms with Gasteiger partial charge in [0.25, 0.3) is 0 Å². The maximum atomic E-state index is 11.9. The number of methoxy groups -OCH3 is 1. The molecule has 2 amide bonds. The van der Waals surface area contributed by atoms with Gasteiger partial charge in [-0.15, -0.1) is 0 Å². The van der Waals surface area contributed by atoms with Gasteiger partial charge in [-0.1, -0.05) is 6.92 Å². The zero-order valence-electron chi connectivity index (χ0n) is 11.8. The molecule has 5 N–H and O–H groups in total. The fourth-order valence-corrected chi connectivity index (χ4v) is 1.67. The van der Waals surface area contributed by atoms with E-state index >= 15 is 0 Å². The van der Waals surface area contributed by atoms with Gasteiger partial charge >= 0.3 is 0 Å². The van der Waals surface area contributed by atoms with E-state index in [4.69, 9.17) is 16.2 Å². The van der Waals surface area contributed by atoms with Crippen molar-refractivity contribution in [3.8, 4) is 5.75 Å². The average molecular weight is 279 g/mol. The third kappa shape index (κ3) is 4.55. The van der Waals surface area contributed by atoms with Crippen molar-refractivity contribution in [2.45, 2.75) is 19.8 Å². The second-order valence-electron chi connectivity index (χ2n) is 4.71. The third-order valence-corrected chi connectivity index (χ3v) is 3.02. The van der Waals surface area contributed by atoms with Crippen molar-refractivity contribution in [3.63, 3.8) is 0 Å². The first kappa shape index (κ1) is 16.0. The largest absolute Gasteiger partial charge is 0.495 e. The van der Waals surface area contributed by atoms with Gasteiger partial charge in [-0.3, -0.25) is 9.59 Å². The van der Waals surface area contributed by atoms with Crippen LogP contribution in [0.3, 0.4) is 0 Å². The summed E-state index contributed by atoms with van der Waals surface area (Å²) in [5.74, 6) is 0.0694. The lowest BCUT2D eigenvalue weighted by atomic mass is 10.1. The minimum atomic E-state index is -0.556. The van der Waals surface area contributed by atoms with E-state index in [-0.39, 0.29) is 5.91 Å². The van der Waals surface area contributed by atoms with Gasteiger partial charge < -0.3 is 21.5 Å². The number of carbonyl (C=O) groups excluding carboxylic acids is 2. The highest BCUT2D eigenvalue weighted by atomic mass is 16.5. The Labute approximate surface area is 118 Å². The standard InChI is InChI=1S/C14H21N3O3/c1-9(8-15)3-6-13(18)17-11-7-10(14(16)19)4-5-12(11)20-2/h4-5,7,9H,3,6,8,15H2,1-2H3,(H2,16,19)(H,17,18). The van der Waals surface area contributed by atoms with Crippen molar-refractivity contribution in [2.75, 3.05) is 19.0 Å². The zero-order valence-corrected chi connectivity index (χ0v) is 11.8. The molecule has 0 aliphatic rings. The second-order valence-corrected chi connectivity index (χ2v) is 4.71. The smallest absolute Gasteiger partial charge is 0.248 e. The molecule has 1 unspecified atom stereocenters. The summed E-state index contributed by atoms with van der Waals surface area (Å²) in [7, 11) is 1.49. The Kier molecular flexibility index (Phi) is 5.99. The average Bonchev–Trinajstić information content (AvgIpc) is 2.44. The number of benzene rings is 1. The van der Waals surface area contributed by atoms with E-state index in [0.29, 0.717) is 42.3 Å². The predicted octanol–water partition coefficient (Wildman–Crippen LogP) is 1.11. The molecule has 0 radical (unpaired) electrons. The van der Waals surface area contributed by atoms with Gasteiger partial charge in [0, 0.05) is 12.0 Å². The van der Waals surface area contributed by atoms with Crippen molar-refractivity contribution < 1.29 is 14.3 Å². The lowest BCUT2D eigenvalue weighted by Crippen LogP contribution is -2.17. The summed E-state index contributed by atoms with van der Waals surface area (Å²) in [5, 5.41) is 2.72. The highest BCUT2D eigenvalue weighted by Gasteiger charge is 2.11. The molecule has 20 heavy (non-hydrogen) atoms. The number of anilines is 1. The number of carbonyl (C=O) groups is 2. The normalized spacial score (nSPS) is 11.8. The molecule has 0 aliphatic heterocycles. The maximum absolute atomic E-state index is 11.9. The highest BCUT2D eigenvalue weighted by Crippen LogP contribution is 2.25. The summed E-state index contributed by atoms with van der Waals surface area (Å²) in [6, 6.07) is 4.65. The van der Waals surface area contributed by atoms with E-state index < -0.39 is 5.91 Å². The molecule has 110 valence electrons. The Balaban J connectivity index is 2.76. The Bertz CT molecular complexity index is 489. The van der Waals surface area contributed by atoms with E-state index in [9.17, 15) is 9.59 Å². The number of rotatable bonds is 7. The molecule has 0 bridgehead atoms. The number of hydrogen-bond acceptors (Lipinski definition) is 4. The molecule has 1 aromatic rings. The number of hydrogen-bond donors (Lipinski definition) is 3. The van der Waals surface area contributed by atoms with Gasteiger partial charge in [-0.05, 0) is 37.1 Å². The Morgan fingerprint density at radius 3 is 2.65 bits per heavy atom. The molecule has 0 aliphatic carbocycles. The molecule has 0 spiro atoms. The third-order valence-electron chi connectivity index (χ3n) is 3.02. The molecular weight excluding hydrogens is 258 g/mol. The van der Waals surface area contributed by atoms with Crippen molar-refractivity contribution in [3.05, 3.63) is 23.8 Å². The lowest BCUT2D eigenvalue weighted by molar-refractivity contribution is -0.116. The van der Waals surface area contributed by atoms with Crippen molar-refractivity contribution in [1.82, 2.24) is 0 Å². The predicted molar refractivity (Wildman–Crippen MR) is 77.6 cm³/mol. The molecule has 0 heterocycles.